The summed E-state index contributed by atoms with van der Waals surface area (Å²) in [6, 6.07) is 1.97. The first kappa shape index (κ1) is 15.9. The van der Waals surface area contributed by atoms with E-state index in [1.54, 1.807) is 6.92 Å². The summed E-state index contributed by atoms with van der Waals surface area (Å²) in [4.78, 5) is 34.3. The van der Waals surface area contributed by atoms with Crippen LogP contribution in [0.5, 0.6) is 0 Å². The van der Waals surface area contributed by atoms with Crippen molar-refractivity contribution in [2.24, 2.45) is 0 Å². The molecule has 2 N–H and O–H groups in total. The Balaban J connectivity index is 1.91. The SMILES string of the molecule is Cc1nc(NC(=O)Cc2c(C)nc3c(C#N)c[nH]n3c2=O)sc1C. The Kier molecular flexibility index (Phi) is 3.91. The molecule has 8 nitrogen and oxygen atoms in total. The maximum atomic E-state index is 12.5. The second-order valence-electron chi connectivity index (χ2n) is 5.32. The predicted molar refractivity (Wildman–Crippen MR) is 89.2 cm³/mol. The highest BCUT2D eigenvalue weighted by molar-refractivity contribution is 7.15. The lowest BCUT2D eigenvalue weighted by molar-refractivity contribution is -0.115. The standard InChI is InChI=1S/C15H14N6O2S/c1-7-9(3)24-15(19-7)20-12(22)4-11-8(2)18-13-10(5-16)6-17-21(13)14(11)23/h6,17H,4H2,1-3H3,(H,19,20,22). The molecule has 122 valence electrons. The summed E-state index contributed by atoms with van der Waals surface area (Å²) >= 11 is 1.39. The van der Waals surface area contributed by atoms with Gasteiger partial charge in [0.05, 0.1) is 12.1 Å². The highest BCUT2D eigenvalue weighted by atomic mass is 32.1. The molecule has 3 aromatic rings. The van der Waals surface area contributed by atoms with Gasteiger partial charge in [-0.3, -0.25) is 14.7 Å². The van der Waals surface area contributed by atoms with Gasteiger partial charge in [0.1, 0.15) is 11.6 Å². The van der Waals surface area contributed by atoms with Crippen molar-refractivity contribution in [1.82, 2.24) is 19.6 Å². The number of nitrogens with zero attached hydrogens (tertiary/aromatic N) is 4. The largest absolute Gasteiger partial charge is 0.302 e. The molecule has 0 spiro atoms. The van der Waals surface area contributed by atoms with Gasteiger partial charge in [0.2, 0.25) is 5.91 Å². The number of aromatic amines is 1. The summed E-state index contributed by atoms with van der Waals surface area (Å²) in [5.74, 6) is -0.335. The van der Waals surface area contributed by atoms with Gasteiger partial charge in [-0.05, 0) is 20.8 Å². The van der Waals surface area contributed by atoms with Gasteiger partial charge < -0.3 is 5.32 Å². The first-order valence-electron chi connectivity index (χ1n) is 7.14. The Labute approximate surface area is 140 Å². The van der Waals surface area contributed by atoms with Gasteiger partial charge in [-0.15, -0.1) is 11.3 Å². The third-order valence-electron chi connectivity index (χ3n) is 3.69. The number of amides is 1. The van der Waals surface area contributed by atoms with Crippen LogP contribution in [0, 0.1) is 32.1 Å². The number of aryl methyl sites for hydroxylation is 3. The van der Waals surface area contributed by atoms with E-state index in [0.717, 1.165) is 10.6 Å². The summed E-state index contributed by atoms with van der Waals surface area (Å²) in [6.07, 6.45) is 1.30. The quantitative estimate of drug-likeness (QED) is 0.747. The Morgan fingerprint density at radius 3 is 2.75 bits per heavy atom. The number of carbonyl (C=O) groups excluding carboxylic acids is 1. The maximum absolute atomic E-state index is 12.5. The van der Waals surface area contributed by atoms with Gasteiger partial charge in [0, 0.05) is 22.3 Å². The van der Waals surface area contributed by atoms with E-state index in [-0.39, 0.29) is 34.7 Å². The molecular formula is C15H14N6O2S. The molecule has 0 aromatic carbocycles. The van der Waals surface area contributed by atoms with Crippen molar-refractivity contribution in [2.75, 3.05) is 5.32 Å². The zero-order chi connectivity index (χ0) is 17.4. The van der Waals surface area contributed by atoms with Crippen LogP contribution < -0.4 is 10.9 Å². The third-order valence-corrected chi connectivity index (χ3v) is 4.68. The number of carbonyl (C=O) groups is 1. The molecule has 0 bridgehead atoms. The van der Waals surface area contributed by atoms with Gasteiger partial charge in [-0.2, -0.15) is 5.26 Å². The summed E-state index contributed by atoms with van der Waals surface area (Å²) in [5.41, 5.74) is 1.72. The molecule has 0 saturated heterocycles. The van der Waals surface area contributed by atoms with Crippen LogP contribution in [0.25, 0.3) is 5.65 Å². The topological polar surface area (TPSA) is 116 Å². The lowest BCUT2D eigenvalue weighted by Crippen LogP contribution is -2.26. The predicted octanol–water partition coefficient (Wildman–Crippen LogP) is 1.46. The number of anilines is 1. The molecule has 0 aliphatic rings. The smallest absolute Gasteiger partial charge is 0.276 e. The van der Waals surface area contributed by atoms with Crippen LogP contribution in [-0.4, -0.2) is 25.5 Å². The monoisotopic (exact) mass is 342 g/mol. The van der Waals surface area contributed by atoms with Crippen LogP contribution >= 0.6 is 11.3 Å². The Morgan fingerprint density at radius 1 is 1.38 bits per heavy atom. The zero-order valence-electron chi connectivity index (χ0n) is 13.3. The second-order valence-corrected chi connectivity index (χ2v) is 6.53. The van der Waals surface area contributed by atoms with Gasteiger partial charge in [-0.25, -0.2) is 14.5 Å². The average Bonchev–Trinajstić information content (AvgIpc) is 3.07. The molecule has 0 saturated carbocycles. The number of nitriles is 1. The number of aromatic nitrogens is 4. The Morgan fingerprint density at radius 2 is 2.12 bits per heavy atom. The lowest BCUT2D eigenvalue weighted by Gasteiger charge is -2.05. The summed E-state index contributed by atoms with van der Waals surface area (Å²) in [7, 11) is 0. The minimum absolute atomic E-state index is 0.112. The van der Waals surface area contributed by atoms with E-state index in [9.17, 15) is 9.59 Å². The first-order valence-corrected chi connectivity index (χ1v) is 7.96. The number of nitrogens with one attached hydrogen (secondary N) is 2. The first-order chi connectivity index (χ1) is 11.4. The number of hydrogen-bond acceptors (Lipinski definition) is 6. The fourth-order valence-corrected chi connectivity index (χ4v) is 3.12. The van der Waals surface area contributed by atoms with E-state index >= 15 is 0 Å². The molecule has 9 heteroatoms. The van der Waals surface area contributed by atoms with E-state index in [2.05, 4.69) is 20.4 Å². The van der Waals surface area contributed by atoms with Crippen LogP contribution in [0.4, 0.5) is 5.13 Å². The van der Waals surface area contributed by atoms with Crippen molar-refractivity contribution in [3.8, 4) is 6.07 Å². The van der Waals surface area contributed by atoms with Gasteiger partial charge in [-0.1, -0.05) is 0 Å². The normalized spacial score (nSPS) is 10.8. The molecule has 0 aliphatic heterocycles. The van der Waals surface area contributed by atoms with Crippen LogP contribution in [0.15, 0.2) is 11.0 Å². The van der Waals surface area contributed by atoms with Crippen molar-refractivity contribution >= 4 is 28.0 Å². The van der Waals surface area contributed by atoms with E-state index in [1.807, 2.05) is 19.9 Å². The van der Waals surface area contributed by atoms with E-state index in [0.29, 0.717) is 10.8 Å². The molecule has 0 radical (unpaired) electrons. The number of hydrogen-bond donors (Lipinski definition) is 2. The van der Waals surface area contributed by atoms with Crippen molar-refractivity contribution in [3.63, 3.8) is 0 Å². The fourth-order valence-electron chi connectivity index (χ4n) is 2.29. The van der Waals surface area contributed by atoms with Gasteiger partial charge in [0.25, 0.3) is 5.56 Å². The summed E-state index contributed by atoms with van der Waals surface area (Å²) in [5, 5.41) is 14.9. The molecule has 3 aromatic heterocycles. The number of rotatable bonds is 3. The van der Waals surface area contributed by atoms with Crippen LogP contribution in [0.3, 0.4) is 0 Å². The van der Waals surface area contributed by atoms with E-state index in [4.69, 9.17) is 5.26 Å². The molecule has 3 rings (SSSR count). The zero-order valence-corrected chi connectivity index (χ0v) is 14.1. The minimum Gasteiger partial charge on any atom is -0.302 e. The van der Waals surface area contributed by atoms with Crippen molar-refractivity contribution in [2.45, 2.75) is 27.2 Å². The van der Waals surface area contributed by atoms with Crippen LogP contribution in [0.2, 0.25) is 0 Å². The maximum Gasteiger partial charge on any atom is 0.276 e. The average molecular weight is 342 g/mol. The minimum atomic E-state index is -0.388. The van der Waals surface area contributed by atoms with E-state index < -0.39 is 0 Å². The third kappa shape index (κ3) is 2.68. The van der Waals surface area contributed by atoms with Crippen LogP contribution in [0.1, 0.15) is 27.4 Å². The highest BCUT2D eigenvalue weighted by Gasteiger charge is 2.17. The Bertz CT molecular complexity index is 1030. The lowest BCUT2D eigenvalue weighted by atomic mass is 10.1. The van der Waals surface area contributed by atoms with E-state index in [1.165, 1.54) is 22.0 Å². The highest BCUT2D eigenvalue weighted by Crippen LogP contribution is 2.21. The fraction of sp³-hybridized carbons (Fsp3) is 0.267. The van der Waals surface area contributed by atoms with Gasteiger partial charge >= 0.3 is 0 Å². The van der Waals surface area contributed by atoms with Gasteiger partial charge in [0.15, 0.2) is 10.8 Å². The molecule has 24 heavy (non-hydrogen) atoms. The Hall–Kier alpha value is -2.99. The molecular weight excluding hydrogens is 328 g/mol. The number of fused-ring (bicyclic) bond motifs is 1. The second kappa shape index (κ2) is 5.90. The van der Waals surface area contributed by atoms with Crippen molar-refractivity contribution in [3.05, 3.63) is 43.9 Å². The number of H-pyrrole nitrogens is 1. The molecule has 0 unspecified atom stereocenters. The van der Waals surface area contributed by atoms with Crippen molar-refractivity contribution < 1.29 is 4.79 Å². The molecule has 3 heterocycles. The molecule has 1 amide bonds. The van der Waals surface area contributed by atoms with Crippen LogP contribution in [-0.2, 0) is 11.2 Å². The molecule has 0 atom stereocenters. The summed E-state index contributed by atoms with van der Waals surface area (Å²) in [6.45, 7) is 5.44. The summed E-state index contributed by atoms with van der Waals surface area (Å²) < 4.78 is 1.17. The molecule has 0 aliphatic carbocycles. The van der Waals surface area contributed by atoms with Crippen molar-refractivity contribution in [1.29, 1.82) is 5.26 Å². The number of thiazole rings is 1. The molecule has 0 fully saturated rings.